The van der Waals surface area contributed by atoms with E-state index in [1.165, 1.54) is 11.8 Å². The van der Waals surface area contributed by atoms with Gasteiger partial charge in [0.2, 0.25) is 5.91 Å². The highest BCUT2D eigenvalue weighted by Gasteiger charge is 2.35. The zero-order valence-corrected chi connectivity index (χ0v) is 15.7. The van der Waals surface area contributed by atoms with Crippen LogP contribution in [0.25, 0.3) is 5.57 Å². The van der Waals surface area contributed by atoms with E-state index in [1.54, 1.807) is 12.1 Å². The smallest absolute Gasteiger partial charge is 0.285 e. The molecular weight excluding hydrogens is 366 g/mol. The molecule has 0 bridgehead atoms. The number of hydrogen-bond acceptors (Lipinski definition) is 5. The average Bonchev–Trinajstić information content (AvgIpc) is 2.91. The third-order valence-electron chi connectivity index (χ3n) is 3.90. The van der Waals surface area contributed by atoms with Crippen molar-refractivity contribution in [2.45, 2.75) is 13.3 Å². The van der Waals surface area contributed by atoms with Gasteiger partial charge in [-0.3, -0.25) is 15.0 Å². The van der Waals surface area contributed by atoms with Gasteiger partial charge in [-0.2, -0.15) is 5.01 Å². The van der Waals surface area contributed by atoms with Gasteiger partial charge >= 0.3 is 0 Å². The molecule has 7 heteroatoms. The van der Waals surface area contributed by atoms with Crippen LogP contribution in [0.4, 0.5) is 5.69 Å². The predicted octanol–water partition coefficient (Wildman–Crippen LogP) is 3.13. The number of nitrogen functional groups attached to an aromatic ring is 1. The van der Waals surface area contributed by atoms with Crippen LogP contribution in [0.2, 0.25) is 0 Å². The van der Waals surface area contributed by atoms with E-state index < -0.39 is 0 Å². The largest absolute Gasteiger partial charge is 0.399 e. The van der Waals surface area contributed by atoms with E-state index in [-0.39, 0.29) is 18.2 Å². The third kappa shape index (κ3) is 3.95. The molecular formula is C19H17N3O2S2. The van der Waals surface area contributed by atoms with E-state index in [9.17, 15) is 9.59 Å². The Morgan fingerprint density at radius 2 is 1.81 bits per heavy atom. The van der Waals surface area contributed by atoms with E-state index in [4.69, 9.17) is 18.0 Å². The van der Waals surface area contributed by atoms with Gasteiger partial charge in [-0.25, -0.2) is 0 Å². The van der Waals surface area contributed by atoms with Crippen LogP contribution in [0.5, 0.6) is 0 Å². The first-order valence-corrected chi connectivity index (χ1v) is 9.14. The number of nitrogens with one attached hydrogen (secondary N) is 1. The predicted molar refractivity (Wildman–Crippen MR) is 109 cm³/mol. The van der Waals surface area contributed by atoms with Crippen molar-refractivity contribution in [2.75, 3.05) is 5.73 Å². The van der Waals surface area contributed by atoms with Gasteiger partial charge in [0.1, 0.15) is 0 Å². The van der Waals surface area contributed by atoms with Crippen molar-refractivity contribution in [3.8, 4) is 0 Å². The highest BCUT2D eigenvalue weighted by molar-refractivity contribution is 8.26. The summed E-state index contributed by atoms with van der Waals surface area (Å²) in [4.78, 5) is 25.4. The van der Waals surface area contributed by atoms with Gasteiger partial charge in [-0.1, -0.05) is 54.2 Å². The van der Waals surface area contributed by atoms with Gasteiger partial charge < -0.3 is 5.73 Å². The van der Waals surface area contributed by atoms with Crippen LogP contribution in [0.15, 0.2) is 59.5 Å². The number of amides is 2. The van der Waals surface area contributed by atoms with Gasteiger partial charge in [0.05, 0.1) is 11.3 Å². The zero-order chi connectivity index (χ0) is 18.7. The van der Waals surface area contributed by atoms with Crippen molar-refractivity contribution < 1.29 is 9.59 Å². The maximum Gasteiger partial charge on any atom is 0.285 e. The van der Waals surface area contributed by atoms with Crippen molar-refractivity contribution in [1.29, 1.82) is 0 Å². The lowest BCUT2D eigenvalue weighted by Gasteiger charge is -2.15. The number of nitrogens with two attached hydrogens (primary N) is 1. The summed E-state index contributed by atoms with van der Waals surface area (Å²) in [5.74, 6) is -0.616. The molecule has 1 aliphatic heterocycles. The summed E-state index contributed by atoms with van der Waals surface area (Å²) in [5, 5.41) is 1.14. The van der Waals surface area contributed by atoms with Crippen molar-refractivity contribution >= 4 is 51.4 Å². The molecule has 0 spiro atoms. The van der Waals surface area contributed by atoms with Crippen LogP contribution in [-0.2, 0) is 16.0 Å². The summed E-state index contributed by atoms with van der Waals surface area (Å²) in [6.45, 7) is 1.85. The molecule has 1 saturated heterocycles. The van der Waals surface area contributed by atoms with Gasteiger partial charge in [0, 0.05) is 5.69 Å². The number of carbonyl (C=O) groups is 2. The number of nitrogens with zero attached hydrogens (tertiary/aromatic N) is 1. The van der Waals surface area contributed by atoms with E-state index in [1.807, 2.05) is 49.4 Å². The Balaban J connectivity index is 1.75. The minimum absolute atomic E-state index is 0.174. The Morgan fingerprint density at radius 1 is 1.15 bits per heavy atom. The Bertz CT molecular complexity index is 893. The van der Waals surface area contributed by atoms with Crippen LogP contribution < -0.4 is 11.2 Å². The molecule has 1 fully saturated rings. The number of benzene rings is 2. The Labute approximate surface area is 161 Å². The molecule has 2 aromatic rings. The summed E-state index contributed by atoms with van der Waals surface area (Å²) in [7, 11) is 0. The molecule has 0 atom stereocenters. The highest BCUT2D eigenvalue weighted by atomic mass is 32.2. The number of hydrogen-bond donors (Lipinski definition) is 2. The van der Waals surface area contributed by atoms with E-state index in [0.717, 1.165) is 21.7 Å². The highest BCUT2D eigenvalue weighted by Crippen LogP contribution is 2.35. The summed E-state index contributed by atoms with van der Waals surface area (Å²) in [6, 6.07) is 16.6. The molecule has 26 heavy (non-hydrogen) atoms. The minimum Gasteiger partial charge on any atom is -0.399 e. The molecule has 0 unspecified atom stereocenters. The second-order valence-corrected chi connectivity index (χ2v) is 7.43. The number of thioether (sulfide) groups is 1. The molecule has 3 N–H and O–H groups in total. The number of anilines is 1. The number of thiocarbonyl (C=S) groups is 1. The third-order valence-corrected chi connectivity index (χ3v) is 5.37. The van der Waals surface area contributed by atoms with Crippen LogP contribution in [-0.4, -0.2) is 21.1 Å². The van der Waals surface area contributed by atoms with E-state index in [2.05, 4.69) is 5.43 Å². The molecule has 0 aromatic heterocycles. The molecule has 0 saturated carbocycles. The molecule has 1 aliphatic rings. The molecule has 132 valence electrons. The summed E-state index contributed by atoms with van der Waals surface area (Å²) in [6.07, 6.45) is 0.174. The quantitative estimate of drug-likeness (QED) is 0.482. The molecule has 1 heterocycles. The second kappa shape index (κ2) is 7.72. The Morgan fingerprint density at radius 3 is 2.46 bits per heavy atom. The van der Waals surface area contributed by atoms with Gasteiger partial charge in [-0.15, -0.1) is 0 Å². The first-order chi connectivity index (χ1) is 12.5. The van der Waals surface area contributed by atoms with E-state index in [0.29, 0.717) is 14.9 Å². The number of allylic oxidation sites excluding steroid dienone is 1. The first-order valence-electron chi connectivity index (χ1n) is 7.92. The summed E-state index contributed by atoms with van der Waals surface area (Å²) >= 11 is 6.45. The molecule has 5 nitrogen and oxygen atoms in total. The molecule has 2 amide bonds. The number of hydrazine groups is 1. The summed E-state index contributed by atoms with van der Waals surface area (Å²) < 4.78 is 0.307. The van der Waals surface area contributed by atoms with Crippen LogP contribution in [0, 0.1) is 0 Å². The summed E-state index contributed by atoms with van der Waals surface area (Å²) in [5.41, 5.74) is 11.5. The van der Waals surface area contributed by atoms with Crippen molar-refractivity contribution in [3.05, 3.63) is 70.6 Å². The molecule has 2 aromatic carbocycles. The minimum atomic E-state index is -0.323. The Hall–Kier alpha value is -2.64. The zero-order valence-electron chi connectivity index (χ0n) is 14.1. The SMILES string of the molecule is C/C(=C1/SC(=S)N(NC(=O)Cc2ccccc2)C1=O)c1ccc(N)cc1. The normalized spacial score (nSPS) is 16.0. The number of carbonyl (C=O) groups excluding carboxylic acids is 2. The second-order valence-electron chi connectivity index (χ2n) is 5.78. The monoisotopic (exact) mass is 383 g/mol. The maximum absolute atomic E-state index is 12.7. The lowest BCUT2D eigenvalue weighted by atomic mass is 10.1. The fraction of sp³-hybridized carbons (Fsp3) is 0.105. The average molecular weight is 383 g/mol. The fourth-order valence-electron chi connectivity index (χ4n) is 2.50. The fourth-order valence-corrected chi connectivity index (χ4v) is 3.73. The lowest BCUT2D eigenvalue weighted by molar-refractivity contribution is -0.132. The number of rotatable bonds is 4. The van der Waals surface area contributed by atoms with Crippen molar-refractivity contribution in [3.63, 3.8) is 0 Å². The topological polar surface area (TPSA) is 75.4 Å². The Kier molecular flexibility index (Phi) is 5.39. The van der Waals surface area contributed by atoms with Crippen molar-refractivity contribution in [2.24, 2.45) is 0 Å². The maximum atomic E-state index is 12.7. The van der Waals surface area contributed by atoms with Crippen LogP contribution >= 0.6 is 24.0 Å². The molecule has 3 rings (SSSR count). The molecule has 0 radical (unpaired) electrons. The standard InChI is InChI=1S/C19H17N3O2S2/c1-12(14-7-9-15(20)10-8-14)17-18(24)22(19(25)26-17)21-16(23)11-13-5-3-2-4-6-13/h2-10H,11,20H2,1H3,(H,21,23)/b17-12-. The molecule has 0 aliphatic carbocycles. The van der Waals surface area contributed by atoms with Gasteiger partial charge in [0.15, 0.2) is 4.32 Å². The first kappa shape index (κ1) is 18.2. The van der Waals surface area contributed by atoms with Crippen LogP contribution in [0.1, 0.15) is 18.1 Å². The van der Waals surface area contributed by atoms with Crippen molar-refractivity contribution in [1.82, 2.24) is 10.4 Å². The van der Waals surface area contributed by atoms with Gasteiger partial charge in [0.25, 0.3) is 5.91 Å². The van der Waals surface area contributed by atoms with E-state index >= 15 is 0 Å². The lowest BCUT2D eigenvalue weighted by Crippen LogP contribution is -2.45. The van der Waals surface area contributed by atoms with Crippen LogP contribution in [0.3, 0.4) is 0 Å². The van der Waals surface area contributed by atoms with Gasteiger partial charge in [-0.05, 0) is 48.0 Å².